The van der Waals surface area contributed by atoms with Gasteiger partial charge in [0.1, 0.15) is 12.1 Å². The zero-order valence-corrected chi connectivity index (χ0v) is 22.6. The maximum atomic E-state index is 14.0. The zero-order valence-electron chi connectivity index (χ0n) is 22.6. The summed E-state index contributed by atoms with van der Waals surface area (Å²) < 4.78 is 41.7. The Kier molecular flexibility index (Phi) is 10.1. The fraction of sp³-hybridized carbons (Fsp3) is 0.630. The van der Waals surface area contributed by atoms with Crippen LogP contribution < -0.4 is 11.1 Å². The van der Waals surface area contributed by atoms with Gasteiger partial charge in [-0.25, -0.2) is 4.79 Å². The van der Waals surface area contributed by atoms with Gasteiger partial charge in [-0.2, -0.15) is 13.2 Å². The highest BCUT2D eigenvalue weighted by Gasteiger charge is 2.51. The standard InChI is InChI=1S/C27H38F3N5O4/c1-17(2)22(31)25(38)34-13-7-10-20(34)24(37)35(26(39)33-14-11-19(32-3)12-15-33)21(23(36)27(28,29)30)16-18-8-5-4-6-9-18/h4-6,8-9,17,19-22,32H,7,10-16,31H2,1-3H3/t20-,21?,22-/m0/s1. The molecule has 0 bridgehead atoms. The van der Waals surface area contributed by atoms with Gasteiger partial charge in [-0.15, -0.1) is 0 Å². The summed E-state index contributed by atoms with van der Waals surface area (Å²) >= 11 is 0. The molecule has 12 heteroatoms. The molecule has 0 aromatic heterocycles. The van der Waals surface area contributed by atoms with E-state index >= 15 is 0 Å². The maximum Gasteiger partial charge on any atom is 0.452 e. The number of piperidine rings is 1. The minimum Gasteiger partial charge on any atom is -0.329 e. The number of amides is 4. The van der Waals surface area contributed by atoms with E-state index in [1.165, 1.54) is 21.9 Å². The van der Waals surface area contributed by atoms with Crippen LogP contribution in [0.25, 0.3) is 0 Å². The summed E-state index contributed by atoms with van der Waals surface area (Å²) in [6.07, 6.45) is -4.15. The van der Waals surface area contributed by atoms with Crippen LogP contribution in [0.2, 0.25) is 0 Å². The number of imide groups is 1. The molecule has 2 saturated heterocycles. The van der Waals surface area contributed by atoms with Crippen molar-refractivity contribution in [3.05, 3.63) is 35.9 Å². The lowest BCUT2D eigenvalue weighted by atomic mass is 9.98. The van der Waals surface area contributed by atoms with Crippen LogP contribution in [-0.2, 0) is 20.8 Å². The van der Waals surface area contributed by atoms with Crippen molar-refractivity contribution in [2.24, 2.45) is 11.7 Å². The van der Waals surface area contributed by atoms with Crippen LogP contribution in [0.1, 0.15) is 45.1 Å². The monoisotopic (exact) mass is 553 g/mol. The molecule has 3 rings (SSSR count). The van der Waals surface area contributed by atoms with Crippen molar-refractivity contribution < 1.29 is 32.3 Å². The fourth-order valence-electron chi connectivity index (χ4n) is 5.14. The smallest absolute Gasteiger partial charge is 0.329 e. The number of benzene rings is 1. The van der Waals surface area contributed by atoms with Gasteiger partial charge in [-0.05, 0) is 44.2 Å². The van der Waals surface area contributed by atoms with Crippen molar-refractivity contribution in [2.75, 3.05) is 26.7 Å². The molecule has 1 unspecified atom stereocenters. The number of Topliss-reactive ketones (excluding diaryl/α,β-unsaturated/α-hetero) is 1. The molecule has 3 N–H and O–H groups in total. The lowest BCUT2D eigenvalue weighted by Crippen LogP contribution is -2.62. The molecule has 0 saturated carbocycles. The lowest BCUT2D eigenvalue weighted by molar-refractivity contribution is -0.177. The van der Waals surface area contributed by atoms with Crippen molar-refractivity contribution in [3.8, 4) is 0 Å². The normalized spacial score (nSPS) is 20.2. The van der Waals surface area contributed by atoms with E-state index < -0.39 is 54.4 Å². The van der Waals surface area contributed by atoms with Crippen molar-refractivity contribution in [1.29, 1.82) is 0 Å². The minimum atomic E-state index is -5.29. The van der Waals surface area contributed by atoms with Crippen LogP contribution >= 0.6 is 0 Å². The van der Waals surface area contributed by atoms with Crippen molar-refractivity contribution in [1.82, 2.24) is 20.0 Å². The molecule has 9 nitrogen and oxygen atoms in total. The van der Waals surface area contributed by atoms with Crippen molar-refractivity contribution >= 4 is 23.6 Å². The van der Waals surface area contributed by atoms with Gasteiger partial charge in [0.05, 0.1) is 6.04 Å². The number of hydrogen-bond donors (Lipinski definition) is 2. The van der Waals surface area contributed by atoms with Gasteiger partial charge in [0.15, 0.2) is 0 Å². The summed E-state index contributed by atoms with van der Waals surface area (Å²) in [5.74, 6) is -3.92. The Hall–Kier alpha value is -2.99. The Morgan fingerprint density at radius 3 is 2.21 bits per heavy atom. The second kappa shape index (κ2) is 12.9. The number of nitrogens with one attached hydrogen (secondary N) is 1. The highest BCUT2D eigenvalue weighted by molar-refractivity contribution is 6.04. The highest BCUT2D eigenvalue weighted by atomic mass is 19.4. The minimum absolute atomic E-state index is 0.121. The Morgan fingerprint density at radius 1 is 1.05 bits per heavy atom. The number of nitrogens with two attached hydrogens (primary N) is 1. The molecule has 2 aliphatic rings. The van der Waals surface area contributed by atoms with Crippen LogP contribution in [-0.4, -0.2) is 95.4 Å². The van der Waals surface area contributed by atoms with Crippen LogP contribution in [0.15, 0.2) is 30.3 Å². The molecule has 39 heavy (non-hydrogen) atoms. The number of hydrogen-bond acceptors (Lipinski definition) is 6. The third-order valence-corrected chi connectivity index (χ3v) is 7.61. The van der Waals surface area contributed by atoms with Crippen LogP contribution in [0.3, 0.4) is 0 Å². The van der Waals surface area contributed by atoms with Gasteiger partial charge in [-0.1, -0.05) is 44.2 Å². The van der Waals surface area contributed by atoms with E-state index in [2.05, 4.69) is 5.32 Å². The van der Waals surface area contributed by atoms with E-state index in [4.69, 9.17) is 5.73 Å². The molecule has 1 aromatic rings. The van der Waals surface area contributed by atoms with Gasteiger partial charge < -0.3 is 20.9 Å². The molecular formula is C27H38F3N5O4. The number of nitrogens with zero attached hydrogens (tertiary/aromatic N) is 3. The number of urea groups is 1. The van der Waals surface area contributed by atoms with E-state index in [0.717, 1.165) is 0 Å². The van der Waals surface area contributed by atoms with E-state index in [1.807, 2.05) is 0 Å². The second-order valence-electron chi connectivity index (χ2n) is 10.6. The predicted molar refractivity (Wildman–Crippen MR) is 138 cm³/mol. The Balaban J connectivity index is 2.03. The summed E-state index contributed by atoms with van der Waals surface area (Å²) in [6, 6.07) is 2.88. The van der Waals surface area contributed by atoms with Gasteiger partial charge in [0, 0.05) is 32.1 Å². The first-order valence-corrected chi connectivity index (χ1v) is 13.4. The topological polar surface area (TPSA) is 116 Å². The van der Waals surface area contributed by atoms with Gasteiger partial charge in [0.25, 0.3) is 11.7 Å². The van der Waals surface area contributed by atoms with Gasteiger partial charge in [0.2, 0.25) is 5.91 Å². The molecule has 4 amide bonds. The Bertz CT molecular complexity index is 1030. The highest BCUT2D eigenvalue weighted by Crippen LogP contribution is 2.28. The number of halogens is 3. The summed E-state index contributed by atoms with van der Waals surface area (Å²) in [5.41, 5.74) is 6.41. The molecule has 0 aliphatic carbocycles. The van der Waals surface area contributed by atoms with E-state index in [-0.39, 0.29) is 38.0 Å². The van der Waals surface area contributed by atoms with Crippen molar-refractivity contribution in [3.63, 3.8) is 0 Å². The summed E-state index contributed by atoms with van der Waals surface area (Å²) in [7, 11) is 1.78. The third kappa shape index (κ3) is 7.16. The van der Waals surface area contributed by atoms with Crippen molar-refractivity contribution in [2.45, 2.75) is 76.3 Å². The molecule has 1 aromatic carbocycles. The number of carbonyl (C=O) groups is 4. The predicted octanol–water partition coefficient (Wildman–Crippen LogP) is 2.34. The molecule has 0 spiro atoms. The van der Waals surface area contributed by atoms with Crippen LogP contribution in [0.4, 0.5) is 18.0 Å². The van der Waals surface area contributed by atoms with E-state index in [1.54, 1.807) is 39.1 Å². The second-order valence-corrected chi connectivity index (χ2v) is 10.6. The average molecular weight is 554 g/mol. The fourth-order valence-corrected chi connectivity index (χ4v) is 5.14. The molecule has 3 atom stereocenters. The molecule has 2 heterocycles. The molecule has 216 valence electrons. The number of rotatable bonds is 8. The van der Waals surface area contributed by atoms with Gasteiger partial charge in [-0.3, -0.25) is 19.3 Å². The number of likely N-dealkylation sites (tertiary alicyclic amines) is 2. The molecule has 2 aliphatic heterocycles. The molecule has 2 fully saturated rings. The van der Waals surface area contributed by atoms with Crippen LogP contribution in [0, 0.1) is 5.92 Å². The first kappa shape index (κ1) is 30.6. The first-order chi connectivity index (χ1) is 18.4. The number of carbonyl (C=O) groups excluding carboxylic acids is 4. The molecular weight excluding hydrogens is 515 g/mol. The third-order valence-electron chi connectivity index (χ3n) is 7.61. The lowest BCUT2D eigenvalue weighted by Gasteiger charge is -2.39. The summed E-state index contributed by atoms with van der Waals surface area (Å²) in [6.45, 7) is 4.09. The van der Waals surface area contributed by atoms with Crippen LogP contribution in [0.5, 0.6) is 0 Å². The maximum absolute atomic E-state index is 14.0. The van der Waals surface area contributed by atoms with Gasteiger partial charge >= 0.3 is 12.2 Å². The Morgan fingerprint density at radius 2 is 1.67 bits per heavy atom. The first-order valence-electron chi connectivity index (χ1n) is 13.4. The quantitative estimate of drug-likeness (QED) is 0.511. The number of alkyl halides is 3. The summed E-state index contributed by atoms with van der Waals surface area (Å²) in [5, 5.41) is 3.11. The molecule has 0 radical (unpaired) electrons. The average Bonchev–Trinajstić information content (AvgIpc) is 3.41. The largest absolute Gasteiger partial charge is 0.452 e. The Labute approximate surface area is 226 Å². The number of ketones is 1. The zero-order chi connectivity index (χ0) is 28.9. The van der Waals surface area contributed by atoms with E-state index in [0.29, 0.717) is 29.7 Å². The summed E-state index contributed by atoms with van der Waals surface area (Å²) in [4.78, 5) is 56.8. The van der Waals surface area contributed by atoms with E-state index in [9.17, 15) is 32.3 Å². The SMILES string of the molecule is CNC1CCN(C(=O)N(C(=O)[C@@H]2CCCN2C(=O)[C@@H](N)C(C)C)C(Cc2ccccc2)C(=O)C(F)(F)F)CC1.